The Labute approximate surface area is 103 Å². The first-order valence-electron chi connectivity index (χ1n) is 5.90. The third-order valence-corrected chi connectivity index (χ3v) is 3.09. The Bertz CT molecular complexity index is 372. The van der Waals surface area contributed by atoms with Crippen molar-refractivity contribution in [3.8, 4) is 12.3 Å². The van der Waals surface area contributed by atoms with Gasteiger partial charge in [0.1, 0.15) is 0 Å². The third kappa shape index (κ3) is 2.97. The summed E-state index contributed by atoms with van der Waals surface area (Å²) in [5, 5.41) is 0. The van der Waals surface area contributed by atoms with Crippen molar-refractivity contribution >= 4 is 11.8 Å². The third-order valence-electron chi connectivity index (χ3n) is 3.09. The lowest BCUT2D eigenvalue weighted by Gasteiger charge is -2.36. The lowest BCUT2D eigenvalue weighted by molar-refractivity contribution is -0.143. The van der Waals surface area contributed by atoms with Gasteiger partial charge in [-0.3, -0.25) is 14.5 Å². The van der Waals surface area contributed by atoms with Gasteiger partial charge < -0.3 is 0 Å². The molecule has 0 saturated carbocycles. The molecule has 1 heterocycles. The lowest BCUT2D eigenvalue weighted by atomic mass is 9.87. The monoisotopic (exact) mass is 233 g/mol. The molecule has 0 saturated heterocycles. The first-order valence-corrected chi connectivity index (χ1v) is 5.90. The molecule has 0 N–H and O–H groups in total. The van der Waals surface area contributed by atoms with Gasteiger partial charge in [-0.2, -0.15) is 0 Å². The van der Waals surface area contributed by atoms with Crippen LogP contribution in [0.15, 0.2) is 12.2 Å². The van der Waals surface area contributed by atoms with Gasteiger partial charge in [0.2, 0.25) is 0 Å². The van der Waals surface area contributed by atoms with Crippen molar-refractivity contribution in [3.63, 3.8) is 0 Å². The van der Waals surface area contributed by atoms with Gasteiger partial charge in [0.25, 0.3) is 11.8 Å². The van der Waals surface area contributed by atoms with E-state index in [1.807, 2.05) is 6.92 Å². The van der Waals surface area contributed by atoms with Crippen LogP contribution in [0.25, 0.3) is 0 Å². The summed E-state index contributed by atoms with van der Waals surface area (Å²) in [7, 11) is 0. The van der Waals surface area contributed by atoms with Gasteiger partial charge in [0.15, 0.2) is 0 Å². The number of carbonyl (C=O) groups excluding carboxylic acids is 2. The van der Waals surface area contributed by atoms with Crippen molar-refractivity contribution in [2.45, 2.75) is 45.6 Å². The van der Waals surface area contributed by atoms with Crippen LogP contribution in [0.2, 0.25) is 0 Å². The molecular weight excluding hydrogens is 214 g/mol. The van der Waals surface area contributed by atoms with Crippen LogP contribution in [0.3, 0.4) is 0 Å². The minimum Gasteiger partial charge on any atom is -0.269 e. The first-order chi connectivity index (χ1) is 7.90. The Morgan fingerprint density at radius 2 is 1.88 bits per heavy atom. The highest BCUT2D eigenvalue weighted by Gasteiger charge is 2.39. The molecule has 1 rings (SSSR count). The van der Waals surface area contributed by atoms with E-state index in [1.54, 1.807) is 0 Å². The molecule has 3 nitrogen and oxygen atoms in total. The van der Waals surface area contributed by atoms with Gasteiger partial charge >= 0.3 is 0 Å². The Kier molecular flexibility index (Phi) is 4.11. The van der Waals surface area contributed by atoms with Crippen LogP contribution in [0.1, 0.15) is 40.0 Å². The molecule has 1 aliphatic heterocycles. The van der Waals surface area contributed by atoms with E-state index in [0.29, 0.717) is 12.3 Å². The Hall–Kier alpha value is -1.56. The average molecular weight is 233 g/mol. The molecule has 0 aromatic carbocycles. The van der Waals surface area contributed by atoms with Crippen LogP contribution in [0, 0.1) is 18.3 Å². The second-order valence-electron chi connectivity index (χ2n) is 5.16. The zero-order valence-corrected chi connectivity index (χ0v) is 10.7. The number of amides is 2. The van der Waals surface area contributed by atoms with E-state index in [2.05, 4.69) is 19.8 Å². The molecule has 1 atom stereocenters. The maximum atomic E-state index is 11.7. The molecule has 0 radical (unpaired) electrons. The van der Waals surface area contributed by atoms with E-state index in [1.165, 1.54) is 17.1 Å². The van der Waals surface area contributed by atoms with E-state index in [-0.39, 0.29) is 11.8 Å². The average Bonchev–Trinajstić information content (AvgIpc) is 2.57. The molecular formula is C14H19NO2. The van der Waals surface area contributed by atoms with Gasteiger partial charge in [0, 0.05) is 18.6 Å². The van der Waals surface area contributed by atoms with Gasteiger partial charge in [-0.15, -0.1) is 12.3 Å². The number of terminal acetylenes is 1. The fourth-order valence-electron chi connectivity index (χ4n) is 2.03. The van der Waals surface area contributed by atoms with Crippen molar-refractivity contribution in [2.75, 3.05) is 0 Å². The molecule has 92 valence electrons. The number of carbonyl (C=O) groups is 2. The maximum Gasteiger partial charge on any atom is 0.254 e. The Balaban J connectivity index is 2.88. The highest BCUT2D eigenvalue weighted by atomic mass is 16.2. The standard InChI is InChI=1S/C14H19NO2/c1-5-9-14(4,10-8-11(2)3)15-12(16)6-7-13(15)17/h1,6-7,11H,8-10H2,2-4H3. The zero-order valence-electron chi connectivity index (χ0n) is 10.7. The lowest BCUT2D eigenvalue weighted by Crippen LogP contribution is -2.49. The predicted octanol–water partition coefficient (Wildman–Crippen LogP) is 2.13. The molecule has 1 unspecified atom stereocenters. The number of rotatable bonds is 5. The van der Waals surface area contributed by atoms with E-state index < -0.39 is 5.54 Å². The summed E-state index contributed by atoms with van der Waals surface area (Å²) in [4.78, 5) is 24.7. The summed E-state index contributed by atoms with van der Waals surface area (Å²) in [6.45, 7) is 6.11. The Morgan fingerprint density at radius 3 is 2.29 bits per heavy atom. The van der Waals surface area contributed by atoms with Crippen LogP contribution in [0.5, 0.6) is 0 Å². The number of hydrogen-bond donors (Lipinski definition) is 0. The molecule has 0 fully saturated rings. The topological polar surface area (TPSA) is 37.4 Å². The van der Waals surface area contributed by atoms with Crippen molar-refractivity contribution < 1.29 is 9.59 Å². The van der Waals surface area contributed by atoms with Gasteiger partial charge in [-0.25, -0.2) is 0 Å². The molecule has 1 aliphatic rings. The van der Waals surface area contributed by atoms with E-state index in [4.69, 9.17) is 6.42 Å². The van der Waals surface area contributed by atoms with Crippen molar-refractivity contribution in [1.29, 1.82) is 0 Å². The SMILES string of the molecule is C#CCC(C)(CCC(C)C)N1C(=O)C=CC1=O. The fourth-order valence-corrected chi connectivity index (χ4v) is 2.03. The summed E-state index contributed by atoms with van der Waals surface area (Å²) >= 11 is 0. The number of hydrogen-bond acceptors (Lipinski definition) is 2. The molecule has 0 aliphatic carbocycles. The van der Waals surface area contributed by atoms with Crippen LogP contribution in [-0.2, 0) is 9.59 Å². The van der Waals surface area contributed by atoms with E-state index in [9.17, 15) is 9.59 Å². The molecule has 0 aromatic heterocycles. The van der Waals surface area contributed by atoms with E-state index >= 15 is 0 Å². The molecule has 3 heteroatoms. The van der Waals surface area contributed by atoms with Gasteiger partial charge in [0.05, 0.1) is 5.54 Å². The number of imide groups is 1. The largest absolute Gasteiger partial charge is 0.269 e. The molecule has 0 aromatic rings. The first kappa shape index (κ1) is 13.5. The maximum absolute atomic E-state index is 11.7. The van der Waals surface area contributed by atoms with Crippen LogP contribution >= 0.6 is 0 Å². The van der Waals surface area contributed by atoms with Gasteiger partial charge in [-0.1, -0.05) is 13.8 Å². The normalized spacial score (nSPS) is 18.6. The van der Waals surface area contributed by atoms with Crippen molar-refractivity contribution in [1.82, 2.24) is 4.90 Å². The summed E-state index contributed by atoms with van der Waals surface area (Å²) in [5.74, 6) is 2.59. The molecule has 2 amide bonds. The van der Waals surface area contributed by atoms with Crippen molar-refractivity contribution in [3.05, 3.63) is 12.2 Å². The van der Waals surface area contributed by atoms with Crippen molar-refractivity contribution in [2.24, 2.45) is 5.92 Å². The summed E-state index contributed by atoms with van der Waals surface area (Å²) in [6, 6.07) is 0. The summed E-state index contributed by atoms with van der Waals surface area (Å²) in [6.07, 6.45) is 10.1. The highest BCUT2D eigenvalue weighted by Crippen LogP contribution is 2.29. The van der Waals surface area contributed by atoms with Crippen LogP contribution in [-0.4, -0.2) is 22.3 Å². The second kappa shape index (κ2) is 5.18. The quantitative estimate of drug-likeness (QED) is 0.539. The van der Waals surface area contributed by atoms with E-state index in [0.717, 1.165) is 12.8 Å². The van der Waals surface area contributed by atoms with Gasteiger partial charge in [-0.05, 0) is 25.7 Å². The summed E-state index contributed by atoms with van der Waals surface area (Å²) in [5.41, 5.74) is -0.559. The smallest absolute Gasteiger partial charge is 0.254 e. The molecule has 0 bridgehead atoms. The fraction of sp³-hybridized carbons (Fsp3) is 0.571. The second-order valence-corrected chi connectivity index (χ2v) is 5.16. The zero-order chi connectivity index (χ0) is 13.1. The summed E-state index contributed by atoms with van der Waals surface area (Å²) < 4.78 is 0. The highest BCUT2D eigenvalue weighted by molar-refractivity contribution is 6.13. The minimum absolute atomic E-state index is 0.253. The molecule has 17 heavy (non-hydrogen) atoms. The number of nitrogens with zero attached hydrogens (tertiary/aromatic N) is 1. The minimum atomic E-state index is -0.559. The van der Waals surface area contributed by atoms with Crippen LogP contribution in [0.4, 0.5) is 0 Å². The molecule has 0 spiro atoms. The Morgan fingerprint density at radius 1 is 1.35 bits per heavy atom. The van der Waals surface area contributed by atoms with Crippen LogP contribution < -0.4 is 0 Å². The predicted molar refractivity (Wildman–Crippen MR) is 66.9 cm³/mol.